The molecule has 0 bridgehead atoms. The van der Waals surface area contributed by atoms with Crippen molar-refractivity contribution < 1.29 is 28.5 Å². The molecular formula is C19H27NO6. The highest BCUT2D eigenvalue weighted by molar-refractivity contribution is 5.93. The van der Waals surface area contributed by atoms with E-state index in [0.29, 0.717) is 36.3 Å². The Morgan fingerprint density at radius 1 is 1.04 bits per heavy atom. The molecule has 1 saturated heterocycles. The lowest BCUT2D eigenvalue weighted by Gasteiger charge is -2.31. The van der Waals surface area contributed by atoms with Gasteiger partial charge >= 0.3 is 5.97 Å². The number of hydrogen-bond donors (Lipinski definition) is 0. The van der Waals surface area contributed by atoms with Crippen LogP contribution in [0.2, 0.25) is 0 Å². The van der Waals surface area contributed by atoms with Crippen LogP contribution in [0.3, 0.4) is 0 Å². The van der Waals surface area contributed by atoms with Crippen LogP contribution in [-0.4, -0.2) is 57.3 Å². The number of esters is 1. The van der Waals surface area contributed by atoms with Crippen molar-refractivity contribution in [1.82, 2.24) is 4.90 Å². The van der Waals surface area contributed by atoms with Gasteiger partial charge < -0.3 is 23.8 Å². The summed E-state index contributed by atoms with van der Waals surface area (Å²) in [5.74, 6) is 0.924. The molecule has 0 radical (unpaired) electrons. The Balaban J connectivity index is 2.10. The molecule has 1 aliphatic rings. The molecule has 1 aromatic carbocycles. The van der Waals surface area contributed by atoms with E-state index in [-0.39, 0.29) is 11.5 Å². The Morgan fingerprint density at radius 2 is 1.58 bits per heavy atom. The number of carbonyl (C=O) groups is 2. The fourth-order valence-electron chi connectivity index (χ4n) is 2.96. The van der Waals surface area contributed by atoms with Crippen molar-refractivity contribution >= 4 is 11.9 Å². The monoisotopic (exact) mass is 365 g/mol. The van der Waals surface area contributed by atoms with Crippen LogP contribution in [0.1, 0.15) is 37.0 Å². The molecule has 0 saturated carbocycles. The molecule has 26 heavy (non-hydrogen) atoms. The van der Waals surface area contributed by atoms with Crippen molar-refractivity contribution in [2.75, 3.05) is 34.4 Å². The average Bonchev–Trinajstić information content (AvgIpc) is 2.66. The lowest BCUT2D eigenvalue weighted by Crippen LogP contribution is -2.44. The van der Waals surface area contributed by atoms with Gasteiger partial charge in [0, 0.05) is 13.1 Å². The topological polar surface area (TPSA) is 74.3 Å². The summed E-state index contributed by atoms with van der Waals surface area (Å²) >= 11 is 0. The normalized spacial score (nSPS) is 16.0. The maximum atomic E-state index is 12.5. The van der Waals surface area contributed by atoms with Crippen LogP contribution < -0.4 is 14.2 Å². The third kappa shape index (κ3) is 4.39. The lowest BCUT2D eigenvalue weighted by atomic mass is 9.99. The van der Waals surface area contributed by atoms with Gasteiger partial charge in [-0.1, -0.05) is 6.92 Å². The molecule has 0 aliphatic carbocycles. The molecule has 2 rings (SSSR count). The van der Waals surface area contributed by atoms with Gasteiger partial charge in [-0.3, -0.25) is 4.79 Å². The summed E-state index contributed by atoms with van der Waals surface area (Å²) in [5, 5.41) is 0. The second kappa shape index (κ2) is 8.78. The number of carbonyl (C=O) groups excluding carboxylic acids is 2. The number of ether oxygens (including phenoxy) is 4. The minimum Gasteiger partial charge on any atom is -0.493 e. The van der Waals surface area contributed by atoms with Crippen molar-refractivity contribution in [3.63, 3.8) is 0 Å². The zero-order valence-electron chi connectivity index (χ0n) is 16.0. The summed E-state index contributed by atoms with van der Waals surface area (Å²) in [5.41, 5.74) is 0.228. The van der Waals surface area contributed by atoms with Crippen molar-refractivity contribution in [2.24, 2.45) is 5.92 Å². The predicted molar refractivity (Wildman–Crippen MR) is 96.0 cm³/mol. The molecule has 144 valence electrons. The first kappa shape index (κ1) is 19.9. The molecule has 1 fully saturated rings. The fraction of sp³-hybridized carbons (Fsp3) is 0.579. The van der Waals surface area contributed by atoms with Crippen LogP contribution in [0.4, 0.5) is 0 Å². The van der Waals surface area contributed by atoms with Gasteiger partial charge in [0.15, 0.2) is 17.6 Å². The second-order valence-electron chi connectivity index (χ2n) is 6.47. The standard InChI is InChI=1S/C19H27NO6/c1-12-6-8-20(9-7-12)18(21)13(2)26-19(22)14-10-15(23-3)17(25-5)16(11-14)24-4/h10-13H,6-9H2,1-5H3. The number of rotatable bonds is 6. The van der Waals surface area contributed by atoms with E-state index in [2.05, 4.69) is 6.92 Å². The predicted octanol–water partition coefficient (Wildman–Crippen LogP) is 2.52. The van der Waals surface area contributed by atoms with E-state index in [9.17, 15) is 9.59 Å². The Morgan fingerprint density at radius 3 is 2.04 bits per heavy atom. The van der Waals surface area contributed by atoms with E-state index < -0.39 is 12.1 Å². The highest BCUT2D eigenvalue weighted by Crippen LogP contribution is 2.38. The summed E-state index contributed by atoms with van der Waals surface area (Å²) in [7, 11) is 4.42. The summed E-state index contributed by atoms with van der Waals surface area (Å²) in [6.07, 6.45) is 1.09. The lowest BCUT2D eigenvalue weighted by molar-refractivity contribution is -0.141. The number of hydrogen-bond acceptors (Lipinski definition) is 6. The first-order valence-corrected chi connectivity index (χ1v) is 8.71. The van der Waals surface area contributed by atoms with Crippen molar-refractivity contribution in [3.8, 4) is 17.2 Å². The maximum Gasteiger partial charge on any atom is 0.339 e. The third-order valence-corrected chi connectivity index (χ3v) is 4.63. The van der Waals surface area contributed by atoms with Crippen LogP contribution in [0.25, 0.3) is 0 Å². The second-order valence-corrected chi connectivity index (χ2v) is 6.47. The van der Waals surface area contributed by atoms with Gasteiger partial charge in [-0.15, -0.1) is 0 Å². The van der Waals surface area contributed by atoms with E-state index in [0.717, 1.165) is 12.8 Å². The Labute approximate surface area is 154 Å². The Kier molecular flexibility index (Phi) is 6.71. The SMILES string of the molecule is COc1cc(C(=O)OC(C)C(=O)N2CCC(C)CC2)cc(OC)c1OC. The molecule has 0 N–H and O–H groups in total. The number of benzene rings is 1. The van der Waals surface area contributed by atoms with Crippen molar-refractivity contribution in [1.29, 1.82) is 0 Å². The van der Waals surface area contributed by atoms with Crippen LogP contribution in [-0.2, 0) is 9.53 Å². The first-order chi connectivity index (χ1) is 12.4. The molecule has 1 unspecified atom stereocenters. The zero-order valence-corrected chi connectivity index (χ0v) is 16.0. The molecule has 1 atom stereocenters. The summed E-state index contributed by atoms with van der Waals surface area (Å²) < 4.78 is 21.1. The number of piperidine rings is 1. The molecule has 1 amide bonds. The molecule has 1 aromatic rings. The van der Waals surface area contributed by atoms with Gasteiger partial charge in [-0.2, -0.15) is 0 Å². The van der Waals surface area contributed by atoms with E-state index in [1.165, 1.54) is 33.5 Å². The van der Waals surface area contributed by atoms with Gasteiger partial charge in [0.2, 0.25) is 5.75 Å². The molecule has 0 spiro atoms. The van der Waals surface area contributed by atoms with Gasteiger partial charge in [0.05, 0.1) is 26.9 Å². The van der Waals surface area contributed by atoms with Crippen LogP contribution in [0.5, 0.6) is 17.2 Å². The third-order valence-electron chi connectivity index (χ3n) is 4.63. The fourth-order valence-corrected chi connectivity index (χ4v) is 2.96. The van der Waals surface area contributed by atoms with E-state index in [1.54, 1.807) is 11.8 Å². The van der Waals surface area contributed by atoms with Crippen molar-refractivity contribution in [2.45, 2.75) is 32.8 Å². The van der Waals surface area contributed by atoms with Gasteiger partial charge in [-0.05, 0) is 37.8 Å². The van der Waals surface area contributed by atoms with Gasteiger partial charge in [0.1, 0.15) is 0 Å². The smallest absolute Gasteiger partial charge is 0.339 e. The Bertz CT molecular complexity index is 626. The van der Waals surface area contributed by atoms with E-state index in [4.69, 9.17) is 18.9 Å². The summed E-state index contributed by atoms with van der Waals surface area (Å²) in [6, 6.07) is 3.01. The highest BCUT2D eigenvalue weighted by atomic mass is 16.6. The molecule has 7 nitrogen and oxygen atoms in total. The van der Waals surface area contributed by atoms with Crippen LogP contribution in [0.15, 0.2) is 12.1 Å². The van der Waals surface area contributed by atoms with Crippen LogP contribution >= 0.6 is 0 Å². The summed E-state index contributed by atoms with van der Waals surface area (Å²) in [6.45, 7) is 5.17. The largest absolute Gasteiger partial charge is 0.493 e. The average molecular weight is 365 g/mol. The number of nitrogens with zero attached hydrogens (tertiary/aromatic N) is 1. The first-order valence-electron chi connectivity index (χ1n) is 8.71. The number of likely N-dealkylation sites (tertiary alicyclic amines) is 1. The molecule has 1 aliphatic heterocycles. The highest BCUT2D eigenvalue weighted by Gasteiger charge is 2.28. The molecule has 7 heteroatoms. The number of methoxy groups -OCH3 is 3. The van der Waals surface area contributed by atoms with E-state index in [1.807, 2.05) is 0 Å². The molecule has 0 aromatic heterocycles. The van der Waals surface area contributed by atoms with Gasteiger partial charge in [-0.25, -0.2) is 4.79 Å². The zero-order chi connectivity index (χ0) is 19.3. The quantitative estimate of drug-likeness (QED) is 0.721. The van der Waals surface area contributed by atoms with Crippen molar-refractivity contribution in [3.05, 3.63) is 17.7 Å². The molecule has 1 heterocycles. The van der Waals surface area contributed by atoms with E-state index >= 15 is 0 Å². The minimum atomic E-state index is -0.852. The maximum absolute atomic E-state index is 12.5. The minimum absolute atomic E-state index is 0.169. The summed E-state index contributed by atoms with van der Waals surface area (Å²) in [4.78, 5) is 26.7. The Hall–Kier alpha value is -2.44. The molecular weight excluding hydrogens is 338 g/mol. The number of amides is 1. The van der Waals surface area contributed by atoms with Crippen LogP contribution in [0, 0.1) is 5.92 Å². The van der Waals surface area contributed by atoms with Gasteiger partial charge in [0.25, 0.3) is 5.91 Å².